The molecule has 1 unspecified atom stereocenters. The maximum absolute atomic E-state index is 12.5. The van der Waals surface area contributed by atoms with Crippen molar-refractivity contribution in [3.8, 4) is 17.2 Å². The molecular weight excluding hydrogens is 374 g/mol. The number of carbonyl (C=O) groups is 2. The summed E-state index contributed by atoms with van der Waals surface area (Å²) in [6.45, 7) is 5.88. The molecule has 0 aliphatic heterocycles. The third-order valence-electron chi connectivity index (χ3n) is 4.02. The van der Waals surface area contributed by atoms with E-state index in [4.69, 9.17) is 14.2 Å². The highest BCUT2D eigenvalue weighted by molar-refractivity contribution is 5.97. The number of phenolic OH excluding ortho intramolecular Hbond substituents is 1. The van der Waals surface area contributed by atoms with Gasteiger partial charge in [-0.05, 0) is 56.7 Å². The van der Waals surface area contributed by atoms with Gasteiger partial charge in [-0.25, -0.2) is 4.79 Å². The number of ether oxygens (including phenoxy) is 3. The van der Waals surface area contributed by atoms with E-state index >= 15 is 0 Å². The van der Waals surface area contributed by atoms with E-state index in [2.05, 4.69) is 5.32 Å². The van der Waals surface area contributed by atoms with Crippen LogP contribution in [-0.4, -0.2) is 42.8 Å². The van der Waals surface area contributed by atoms with Gasteiger partial charge in [0.15, 0.2) is 11.5 Å². The number of hydrogen-bond acceptors (Lipinski definition) is 6. The predicted octanol–water partition coefficient (Wildman–Crippen LogP) is 3.09. The molecule has 0 bridgehead atoms. The summed E-state index contributed by atoms with van der Waals surface area (Å²) in [4.78, 5) is 24.7. The van der Waals surface area contributed by atoms with Gasteiger partial charge in [0, 0.05) is 12.0 Å². The number of hydrogen-bond donors (Lipinski definition) is 2. The molecule has 7 nitrogen and oxygen atoms in total. The zero-order chi connectivity index (χ0) is 21.6. The quantitative estimate of drug-likeness (QED) is 0.693. The van der Waals surface area contributed by atoms with Crippen LogP contribution in [-0.2, 0) is 16.0 Å². The lowest BCUT2D eigenvalue weighted by Gasteiger charge is -2.21. The van der Waals surface area contributed by atoms with Crippen LogP contribution in [0.2, 0.25) is 0 Å². The van der Waals surface area contributed by atoms with Crippen molar-refractivity contribution >= 4 is 11.9 Å². The molecule has 29 heavy (non-hydrogen) atoms. The number of nitrogens with one attached hydrogen (secondary N) is 1. The minimum atomic E-state index is -0.883. The topological polar surface area (TPSA) is 94.1 Å². The van der Waals surface area contributed by atoms with Gasteiger partial charge in [0.25, 0.3) is 5.91 Å². The third-order valence-corrected chi connectivity index (χ3v) is 4.02. The van der Waals surface area contributed by atoms with Crippen molar-refractivity contribution < 1.29 is 28.9 Å². The van der Waals surface area contributed by atoms with E-state index in [1.54, 1.807) is 0 Å². The van der Waals surface area contributed by atoms with E-state index in [9.17, 15) is 14.7 Å². The lowest BCUT2D eigenvalue weighted by molar-refractivity contribution is -0.142. The van der Waals surface area contributed by atoms with E-state index in [0.717, 1.165) is 5.56 Å². The lowest BCUT2D eigenvalue weighted by atomic mass is 10.0. The molecule has 0 aromatic heterocycles. The van der Waals surface area contributed by atoms with Crippen LogP contribution in [0.15, 0.2) is 42.5 Å². The third kappa shape index (κ3) is 6.41. The average molecular weight is 401 g/mol. The van der Waals surface area contributed by atoms with Crippen molar-refractivity contribution in [3.05, 3.63) is 53.6 Å². The molecule has 2 aromatic rings. The average Bonchev–Trinajstić information content (AvgIpc) is 2.67. The zero-order valence-electron chi connectivity index (χ0n) is 17.3. The van der Waals surface area contributed by atoms with Gasteiger partial charge >= 0.3 is 5.97 Å². The van der Waals surface area contributed by atoms with Crippen LogP contribution in [0.3, 0.4) is 0 Å². The molecule has 0 heterocycles. The molecule has 0 fully saturated rings. The predicted molar refractivity (Wildman–Crippen MR) is 108 cm³/mol. The van der Waals surface area contributed by atoms with Crippen LogP contribution in [0, 0.1) is 0 Å². The lowest BCUT2D eigenvalue weighted by Crippen LogP contribution is -2.43. The van der Waals surface area contributed by atoms with Gasteiger partial charge < -0.3 is 24.6 Å². The Morgan fingerprint density at radius 2 is 1.72 bits per heavy atom. The minimum Gasteiger partial charge on any atom is -0.504 e. The molecule has 1 amide bonds. The summed E-state index contributed by atoms with van der Waals surface area (Å²) in [5.74, 6) is -0.265. The molecule has 7 heteroatoms. The van der Waals surface area contributed by atoms with Gasteiger partial charge in [0.2, 0.25) is 0 Å². The summed E-state index contributed by atoms with van der Waals surface area (Å²) in [5, 5.41) is 12.5. The normalized spacial score (nSPS) is 12.0. The van der Waals surface area contributed by atoms with Gasteiger partial charge in [0.05, 0.1) is 14.2 Å². The molecule has 2 aromatic carbocycles. The van der Waals surface area contributed by atoms with E-state index in [0.29, 0.717) is 5.75 Å². The summed E-state index contributed by atoms with van der Waals surface area (Å²) in [5.41, 5.74) is 0.721. The Morgan fingerprint density at radius 3 is 2.24 bits per heavy atom. The molecule has 156 valence electrons. The summed E-state index contributed by atoms with van der Waals surface area (Å²) in [7, 11) is 2.68. The number of esters is 1. The minimum absolute atomic E-state index is 0.163. The first-order valence-corrected chi connectivity index (χ1v) is 9.16. The number of aromatic hydroxyl groups is 1. The van der Waals surface area contributed by atoms with Crippen LogP contribution in [0.5, 0.6) is 17.2 Å². The summed E-state index contributed by atoms with van der Waals surface area (Å²) >= 11 is 0. The number of amides is 1. The number of benzene rings is 2. The zero-order valence-corrected chi connectivity index (χ0v) is 17.3. The van der Waals surface area contributed by atoms with Crippen molar-refractivity contribution in [2.24, 2.45) is 0 Å². The second-order valence-corrected chi connectivity index (χ2v) is 7.50. The largest absolute Gasteiger partial charge is 0.504 e. The van der Waals surface area contributed by atoms with Gasteiger partial charge in [-0.3, -0.25) is 4.79 Å². The summed E-state index contributed by atoms with van der Waals surface area (Å²) < 4.78 is 15.6. The Morgan fingerprint density at radius 1 is 1.07 bits per heavy atom. The van der Waals surface area contributed by atoms with E-state index in [-0.39, 0.29) is 29.1 Å². The number of methoxy groups -OCH3 is 2. The van der Waals surface area contributed by atoms with E-state index < -0.39 is 17.9 Å². The fourth-order valence-corrected chi connectivity index (χ4v) is 2.69. The Labute approximate surface area is 170 Å². The summed E-state index contributed by atoms with van der Waals surface area (Å²) in [6, 6.07) is 10.7. The van der Waals surface area contributed by atoms with Crippen molar-refractivity contribution in [3.63, 3.8) is 0 Å². The maximum Gasteiger partial charge on any atom is 0.328 e. The molecule has 0 aliphatic carbocycles. The van der Waals surface area contributed by atoms with Crippen LogP contribution < -0.4 is 14.8 Å². The highest BCUT2D eigenvalue weighted by Gasteiger charge is 2.23. The van der Waals surface area contributed by atoms with Crippen LogP contribution in [0.4, 0.5) is 0 Å². The van der Waals surface area contributed by atoms with Crippen LogP contribution in [0.1, 0.15) is 36.7 Å². The van der Waals surface area contributed by atoms with Crippen LogP contribution in [0.25, 0.3) is 0 Å². The van der Waals surface area contributed by atoms with Crippen molar-refractivity contribution in [1.29, 1.82) is 0 Å². The molecular formula is C22H27NO6. The molecule has 0 saturated carbocycles. The molecule has 1 atom stereocenters. The number of phenols is 1. The first-order valence-electron chi connectivity index (χ1n) is 9.16. The Balaban J connectivity index is 2.12. The SMILES string of the molecule is COC(=O)C(Cc1ccc(OC(C)(C)C)cc1)NC(=O)c1ccc(OC)c(O)c1. The smallest absolute Gasteiger partial charge is 0.328 e. The van der Waals surface area contributed by atoms with Crippen molar-refractivity contribution in [2.45, 2.75) is 38.8 Å². The molecule has 2 rings (SSSR count). The standard InChI is InChI=1S/C22H27NO6/c1-22(2,3)29-16-9-6-14(7-10-16)12-17(21(26)28-5)23-20(25)15-8-11-19(27-4)18(24)13-15/h6-11,13,17,24H,12H2,1-5H3,(H,23,25). The number of carbonyl (C=O) groups excluding carboxylic acids is 2. The van der Waals surface area contributed by atoms with Gasteiger partial charge in [-0.15, -0.1) is 0 Å². The Bertz CT molecular complexity index is 855. The summed E-state index contributed by atoms with van der Waals surface area (Å²) in [6.07, 6.45) is 0.246. The van der Waals surface area contributed by atoms with Gasteiger partial charge in [-0.2, -0.15) is 0 Å². The maximum atomic E-state index is 12.5. The molecule has 2 N–H and O–H groups in total. The van der Waals surface area contributed by atoms with E-state index in [1.807, 2.05) is 45.0 Å². The van der Waals surface area contributed by atoms with Crippen molar-refractivity contribution in [2.75, 3.05) is 14.2 Å². The van der Waals surface area contributed by atoms with Crippen molar-refractivity contribution in [1.82, 2.24) is 5.32 Å². The first kappa shape index (κ1) is 22.1. The highest BCUT2D eigenvalue weighted by atomic mass is 16.5. The number of rotatable bonds is 7. The first-order chi connectivity index (χ1) is 13.6. The van der Waals surface area contributed by atoms with Gasteiger partial charge in [0.1, 0.15) is 17.4 Å². The molecule has 0 radical (unpaired) electrons. The Kier molecular flexibility index (Phi) is 7.09. The fourth-order valence-electron chi connectivity index (χ4n) is 2.69. The molecule has 0 spiro atoms. The monoisotopic (exact) mass is 401 g/mol. The molecule has 0 aliphatic rings. The van der Waals surface area contributed by atoms with Crippen LogP contribution >= 0.6 is 0 Å². The Hall–Kier alpha value is -3.22. The second-order valence-electron chi connectivity index (χ2n) is 7.50. The van der Waals surface area contributed by atoms with Gasteiger partial charge in [-0.1, -0.05) is 12.1 Å². The second kappa shape index (κ2) is 9.32. The van der Waals surface area contributed by atoms with E-state index in [1.165, 1.54) is 32.4 Å². The molecule has 0 saturated heterocycles. The highest BCUT2D eigenvalue weighted by Crippen LogP contribution is 2.26. The fraction of sp³-hybridized carbons (Fsp3) is 0.364.